The summed E-state index contributed by atoms with van der Waals surface area (Å²) in [6, 6.07) is 9.54. The van der Waals surface area contributed by atoms with Crippen LogP contribution in [0.5, 0.6) is 11.8 Å². The van der Waals surface area contributed by atoms with Gasteiger partial charge in [0, 0.05) is 0 Å². The molecule has 0 spiro atoms. The molecule has 0 saturated heterocycles. The Kier molecular flexibility index (Phi) is 5.47. The highest BCUT2D eigenvalue weighted by Gasteiger charge is 2.15. The number of carbonyl (C=O) groups is 1. The van der Waals surface area contributed by atoms with Crippen molar-refractivity contribution in [1.29, 1.82) is 0 Å². The molecule has 5 heteroatoms. The van der Waals surface area contributed by atoms with Crippen LogP contribution in [0.25, 0.3) is 16.6 Å². The molecule has 5 nitrogen and oxygen atoms in total. The molecule has 2 aliphatic rings. The minimum absolute atomic E-state index is 0.219. The highest BCUT2D eigenvalue weighted by atomic mass is 16.5. The number of nitrogens with zero attached hydrogens (tertiary/aromatic N) is 1. The second kappa shape index (κ2) is 8.58. The van der Waals surface area contributed by atoms with E-state index in [1.165, 1.54) is 28.3 Å². The summed E-state index contributed by atoms with van der Waals surface area (Å²) >= 11 is 0. The van der Waals surface area contributed by atoms with Crippen LogP contribution in [0.3, 0.4) is 0 Å². The minimum atomic E-state index is -0.976. The second-order valence-corrected chi connectivity index (χ2v) is 8.62. The van der Waals surface area contributed by atoms with Gasteiger partial charge in [0.05, 0.1) is 16.6 Å². The lowest BCUT2D eigenvalue weighted by molar-refractivity contribution is 0.0695. The number of benzene rings is 2. The predicted molar refractivity (Wildman–Crippen MR) is 131 cm³/mol. The lowest BCUT2D eigenvalue weighted by Gasteiger charge is -2.18. The fourth-order valence-electron chi connectivity index (χ4n) is 4.48. The number of aromatic amines is 1. The maximum Gasteiger partial charge on any atom is 0.336 e. The zero-order chi connectivity index (χ0) is 22.9. The second-order valence-electron chi connectivity index (χ2n) is 8.62. The number of hydrogen-bond acceptors (Lipinski definition) is 3. The fraction of sp³-hybridized carbons (Fsp3) is 0.214. The Labute approximate surface area is 192 Å². The Balaban J connectivity index is 1.45. The Morgan fingerprint density at radius 1 is 1.03 bits per heavy atom. The van der Waals surface area contributed by atoms with Crippen molar-refractivity contribution >= 4 is 22.6 Å². The number of aromatic carboxylic acids is 1. The number of aromatic nitrogens is 2. The Bertz CT molecular complexity index is 1390. The first-order chi connectivity index (χ1) is 16.0. The first-order valence-electron chi connectivity index (χ1n) is 11.3. The number of aryl methyl sites for hydroxylation is 2. The third-order valence-corrected chi connectivity index (χ3v) is 6.24. The predicted octanol–water partition coefficient (Wildman–Crippen LogP) is 7.05. The van der Waals surface area contributed by atoms with E-state index in [4.69, 9.17) is 4.74 Å². The number of rotatable bonds is 5. The van der Waals surface area contributed by atoms with Gasteiger partial charge in [-0.3, -0.25) is 0 Å². The van der Waals surface area contributed by atoms with Gasteiger partial charge in [-0.1, -0.05) is 36.4 Å². The number of carboxylic acid groups (broad SMARTS) is 1. The summed E-state index contributed by atoms with van der Waals surface area (Å²) in [5.41, 5.74) is 8.90. The summed E-state index contributed by atoms with van der Waals surface area (Å²) in [5.74, 6) is -0.541. The molecule has 5 rings (SSSR count). The molecule has 33 heavy (non-hydrogen) atoms. The van der Waals surface area contributed by atoms with Gasteiger partial charge in [0.15, 0.2) is 0 Å². The van der Waals surface area contributed by atoms with E-state index in [9.17, 15) is 9.90 Å². The lowest BCUT2D eigenvalue weighted by Crippen LogP contribution is -2.00. The highest BCUT2D eigenvalue weighted by molar-refractivity contribution is 5.90. The number of nitrogens with one attached hydrogen (secondary N) is 1. The number of imidazole rings is 1. The van der Waals surface area contributed by atoms with E-state index >= 15 is 0 Å². The maximum absolute atomic E-state index is 11.4. The van der Waals surface area contributed by atoms with Crippen LogP contribution < -0.4 is 4.74 Å². The van der Waals surface area contributed by atoms with Crippen molar-refractivity contribution in [3.05, 3.63) is 94.1 Å². The van der Waals surface area contributed by atoms with Crippen LogP contribution in [0, 0.1) is 13.8 Å². The third-order valence-electron chi connectivity index (χ3n) is 6.24. The van der Waals surface area contributed by atoms with Gasteiger partial charge in [0.25, 0.3) is 6.01 Å². The molecule has 3 aromatic rings. The van der Waals surface area contributed by atoms with Gasteiger partial charge in [-0.05, 0) is 97.2 Å². The van der Waals surface area contributed by atoms with E-state index in [0.29, 0.717) is 17.3 Å². The van der Waals surface area contributed by atoms with Gasteiger partial charge < -0.3 is 14.8 Å². The van der Waals surface area contributed by atoms with Crippen molar-refractivity contribution in [3.63, 3.8) is 0 Å². The van der Waals surface area contributed by atoms with Crippen molar-refractivity contribution in [3.8, 4) is 11.8 Å². The van der Waals surface area contributed by atoms with E-state index in [1.807, 2.05) is 0 Å². The molecule has 0 unspecified atom stereocenters. The summed E-state index contributed by atoms with van der Waals surface area (Å²) in [6.45, 7) is 3.87. The first kappa shape index (κ1) is 21.0. The topological polar surface area (TPSA) is 75.2 Å². The number of H-pyrrole nitrogens is 1. The largest absolute Gasteiger partial charge is 0.478 e. The first-order valence-corrected chi connectivity index (χ1v) is 11.3. The molecular formula is C28H26N2O3. The molecule has 2 aliphatic carbocycles. The molecule has 0 fully saturated rings. The van der Waals surface area contributed by atoms with Crippen LogP contribution >= 0.6 is 0 Å². The van der Waals surface area contributed by atoms with Gasteiger partial charge >= 0.3 is 5.97 Å². The van der Waals surface area contributed by atoms with E-state index in [1.54, 1.807) is 19.1 Å². The van der Waals surface area contributed by atoms with Gasteiger partial charge in [-0.2, -0.15) is 4.98 Å². The summed E-state index contributed by atoms with van der Waals surface area (Å²) in [6.07, 6.45) is 15.8. The zero-order valence-corrected chi connectivity index (χ0v) is 18.8. The number of hydrogen-bond donors (Lipinski definition) is 2. The number of fused-ring (bicyclic) bond motifs is 1. The molecule has 0 saturated carbocycles. The Hall–Kier alpha value is -3.86. The maximum atomic E-state index is 11.4. The number of carboxylic acids is 1. The van der Waals surface area contributed by atoms with Gasteiger partial charge in [-0.25, -0.2) is 4.79 Å². The van der Waals surface area contributed by atoms with Crippen LogP contribution in [0.15, 0.2) is 71.9 Å². The van der Waals surface area contributed by atoms with Crippen LogP contribution in [0.4, 0.5) is 0 Å². The summed E-state index contributed by atoms with van der Waals surface area (Å²) in [4.78, 5) is 19.2. The smallest absolute Gasteiger partial charge is 0.336 e. The monoisotopic (exact) mass is 438 g/mol. The quantitative estimate of drug-likeness (QED) is 0.447. The number of ether oxygens (including phenoxy) is 1. The Morgan fingerprint density at radius 2 is 1.88 bits per heavy atom. The molecule has 0 amide bonds. The van der Waals surface area contributed by atoms with Crippen LogP contribution in [0.1, 0.15) is 52.7 Å². The fourth-order valence-corrected chi connectivity index (χ4v) is 4.48. The van der Waals surface area contributed by atoms with Gasteiger partial charge in [0.1, 0.15) is 5.75 Å². The average molecular weight is 439 g/mol. The van der Waals surface area contributed by atoms with Crippen molar-refractivity contribution in [2.24, 2.45) is 0 Å². The molecule has 0 aliphatic heterocycles. The van der Waals surface area contributed by atoms with E-state index in [2.05, 4.69) is 59.4 Å². The summed E-state index contributed by atoms with van der Waals surface area (Å²) in [7, 11) is 0. The van der Waals surface area contributed by atoms with Crippen LogP contribution in [-0.4, -0.2) is 21.0 Å². The van der Waals surface area contributed by atoms with Crippen molar-refractivity contribution in [2.75, 3.05) is 0 Å². The van der Waals surface area contributed by atoms with Crippen LogP contribution in [0.2, 0.25) is 0 Å². The summed E-state index contributed by atoms with van der Waals surface area (Å²) in [5, 5.41) is 9.36. The summed E-state index contributed by atoms with van der Waals surface area (Å²) < 4.78 is 5.86. The van der Waals surface area contributed by atoms with Crippen molar-refractivity contribution < 1.29 is 14.6 Å². The van der Waals surface area contributed by atoms with Crippen molar-refractivity contribution in [1.82, 2.24) is 9.97 Å². The molecule has 0 atom stereocenters. The number of allylic oxidation sites excluding steroid dienone is 8. The average Bonchev–Trinajstić information content (AvgIpc) is 3.21. The molecule has 166 valence electrons. The molecule has 2 N–H and O–H groups in total. The molecule has 2 aromatic carbocycles. The molecular weight excluding hydrogens is 412 g/mol. The molecule has 0 radical (unpaired) electrons. The van der Waals surface area contributed by atoms with E-state index in [-0.39, 0.29) is 5.56 Å². The molecule has 0 bridgehead atoms. The van der Waals surface area contributed by atoms with Gasteiger partial charge in [-0.15, -0.1) is 0 Å². The third kappa shape index (κ3) is 4.27. The SMILES string of the molecule is Cc1ccc(Oc2nc3cc(C4=CCCC(C5=CCCC=C5)=C4)c(C)cc3[nH]2)cc1C(=O)O. The minimum Gasteiger partial charge on any atom is -0.478 e. The van der Waals surface area contributed by atoms with Crippen molar-refractivity contribution in [2.45, 2.75) is 39.5 Å². The zero-order valence-electron chi connectivity index (χ0n) is 18.8. The van der Waals surface area contributed by atoms with Crippen LogP contribution in [-0.2, 0) is 0 Å². The van der Waals surface area contributed by atoms with E-state index in [0.717, 1.165) is 42.3 Å². The lowest BCUT2D eigenvalue weighted by atomic mass is 9.87. The molecule has 1 heterocycles. The normalized spacial score (nSPS) is 15.8. The standard InChI is InChI=1S/C28H26N2O3/c1-17-11-12-22(15-24(17)27(31)32)33-28-29-25-13-18(2)23(16-26(25)30-28)21-10-6-9-20(14-21)19-7-4-3-5-8-19/h4,7-8,10-16H,3,5-6,9H2,1-2H3,(H,29,30)(H,31,32). The van der Waals surface area contributed by atoms with E-state index < -0.39 is 5.97 Å². The highest BCUT2D eigenvalue weighted by Crippen LogP contribution is 2.34. The van der Waals surface area contributed by atoms with Gasteiger partial charge in [0.2, 0.25) is 0 Å². The molecule has 1 aromatic heterocycles. The Morgan fingerprint density at radius 3 is 2.67 bits per heavy atom.